The Morgan fingerprint density at radius 1 is 1.67 bits per heavy atom. The highest BCUT2D eigenvalue weighted by Crippen LogP contribution is 2.15. The monoisotopic (exact) mass is 184 g/mol. The summed E-state index contributed by atoms with van der Waals surface area (Å²) in [6.07, 6.45) is 0.836. The van der Waals surface area contributed by atoms with Gasteiger partial charge in [0.15, 0.2) is 0 Å². The Balaban J connectivity index is 2.33. The first kappa shape index (κ1) is 9.26. The van der Waals surface area contributed by atoms with Crippen LogP contribution in [0.3, 0.4) is 0 Å². The van der Waals surface area contributed by atoms with Crippen LogP contribution in [0.25, 0.3) is 0 Å². The molecule has 0 bridgehead atoms. The zero-order chi connectivity index (χ0) is 8.97. The van der Waals surface area contributed by atoms with Crippen LogP contribution in [0.1, 0.15) is 17.4 Å². The summed E-state index contributed by atoms with van der Waals surface area (Å²) in [6.45, 7) is 4.00. The van der Waals surface area contributed by atoms with Crippen molar-refractivity contribution in [2.24, 2.45) is 0 Å². The molecule has 0 radical (unpaired) electrons. The average Bonchev–Trinajstić information content (AvgIpc) is 2.36. The van der Waals surface area contributed by atoms with Gasteiger partial charge in [-0.25, -0.2) is 0 Å². The maximum absolute atomic E-state index is 10.4. The quantitative estimate of drug-likeness (QED) is 0.673. The Labute approximate surface area is 76.2 Å². The topological polar surface area (TPSA) is 26.3 Å². The summed E-state index contributed by atoms with van der Waals surface area (Å²) in [6, 6.07) is 2.08. The smallest absolute Gasteiger partial charge is 0.302 e. The van der Waals surface area contributed by atoms with Gasteiger partial charge in [0.1, 0.15) is 0 Å². The molecule has 1 rings (SSSR count). The van der Waals surface area contributed by atoms with Crippen LogP contribution in [0.2, 0.25) is 0 Å². The van der Waals surface area contributed by atoms with E-state index in [1.165, 1.54) is 17.4 Å². The number of thiophene rings is 1. The summed E-state index contributed by atoms with van der Waals surface area (Å²) in [5, 5.41) is 2.05. The summed E-state index contributed by atoms with van der Waals surface area (Å²) in [4.78, 5) is 11.7. The first-order chi connectivity index (χ1) is 5.70. The Hall–Kier alpha value is -0.830. The lowest BCUT2D eigenvalue weighted by Gasteiger charge is -2.00. The number of rotatable bonds is 3. The molecule has 3 heteroatoms. The second kappa shape index (κ2) is 4.26. The highest BCUT2D eigenvalue weighted by Gasteiger charge is 2.00. The normalized spacial score (nSPS) is 9.83. The van der Waals surface area contributed by atoms with Crippen LogP contribution in [0.5, 0.6) is 0 Å². The maximum Gasteiger partial charge on any atom is 0.302 e. The second-order valence-electron chi connectivity index (χ2n) is 2.62. The second-order valence-corrected chi connectivity index (χ2v) is 3.62. The molecule has 0 spiro atoms. The Morgan fingerprint density at radius 3 is 2.92 bits per heavy atom. The molecule has 0 saturated heterocycles. The van der Waals surface area contributed by atoms with E-state index in [0.29, 0.717) is 6.61 Å². The molecular formula is C9H12O2S. The van der Waals surface area contributed by atoms with Crippen LogP contribution in [-0.2, 0) is 16.0 Å². The van der Waals surface area contributed by atoms with Gasteiger partial charge < -0.3 is 4.74 Å². The Morgan fingerprint density at radius 2 is 2.42 bits per heavy atom. The van der Waals surface area contributed by atoms with Crippen molar-refractivity contribution >= 4 is 17.3 Å². The van der Waals surface area contributed by atoms with Crippen molar-refractivity contribution in [3.05, 3.63) is 21.9 Å². The molecule has 0 aliphatic carbocycles. The Kier molecular flexibility index (Phi) is 3.29. The SMILES string of the molecule is CC(=O)OCCc1sccc1C. The standard InChI is InChI=1S/C9H12O2S/c1-7-4-6-12-9(7)3-5-11-8(2)10/h4,6H,3,5H2,1-2H3. The lowest BCUT2D eigenvalue weighted by Crippen LogP contribution is -2.02. The number of aryl methyl sites for hydroxylation is 1. The van der Waals surface area contributed by atoms with Gasteiger partial charge >= 0.3 is 5.97 Å². The molecule has 1 aromatic rings. The van der Waals surface area contributed by atoms with Gasteiger partial charge in [-0.3, -0.25) is 4.79 Å². The summed E-state index contributed by atoms with van der Waals surface area (Å²) < 4.78 is 4.84. The van der Waals surface area contributed by atoms with Gasteiger partial charge in [0, 0.05) is 18.2 Å². The minimum atomic E-state index is -0.204. The van der Waals surface area contributed by atoms with E-state index in [9.17, 15) is 4.79 Å². The molecule has 12 heavy (non-hydrogen) atoms. The predicted octanol–water partition coefficient (Wildman–Crippen LogP) is 2.16. The van der Waals surface area contributed by atoms with Gasteiger partial charge in [-0.05, 0) is 23.9 Å². The van der Waals surface area contributed by atoms with E-state index < -0.39 is 0 Å². The van der Waals surface area contributed by atoms with Crippen molar-refractivity contribution in [1.82, 2.24) is 0 Å². The third kappa shape index (κ3) is 2.66. The molecule has 0 aliphatic rings. The fourth-order valence-corrected chi connectivity index (χ4v) is 1.84. The molecule has 66 valence electrons. The number of ether oxygens (including phenoxy) is 1. The van der Waals surface area contributed by atoms with Crippen molar-refractivity contribution in [3.8, 4) is 0 Å². The number of hydrogen-bond donors (Lipinski definition) is 0. The minimum absolute atomic E-state index is 0.204. The van der Waals surface area contributed by atoms with Crippen LogP contribution in [-0.4, -0.2) is 12.6 Å². The molecule has 0 aromatic carbocycles. The van der Waals surface area contributed by atoms with Gasteiger partial charge in [0.2, 0.25) is 0 Å². The lowest BCUT2D eigenvalue weighted by molar-refractivity contribution is -0.140. The molecule has 0 atom stereocenters. The molecule has 0 aliphatic heterocycles. The summed E-state index contributed by atoms with van der Waals surface area (Å²) >= 11 is 1.71. The first-order valence-corrected chi connectivity index (χ1v) is 4.74. The number of carbonyl (C=O) groups is 1. The van der Waals surface area contributed by atoms with E-state index in [1.54, 1.807) is 11.3 Å². The van der Waals surface area contributed by atoms with Crippen LogP contribution in [0.4, 0.5) is 0 Å². The molecule has 1 aromatic heterocycles. The van der Waals surface area contributed by atoms with Gasteiger partial charge in [-0.2, -0.15) is 0 Å². The molecule has 0 N–H and O–H groups in total. The van der Waals surface area contributed by atoms with Crippen molar-refractivity contribution in [2.45, 2.75) is 20.3 Å². The van der Waals surface area contributed by atoms with Crippen LogP contribution in [0.15, 0.2) is 11.4 Å². The average molecular weight is 184 g/mol. The Bertz CT molecular complexity index is 265. The summed E-state index contributed by atoms with van der Waals surface area (Å²) in [5.74, 6) is -0.204. The van der Waals surface area contributed by atoms with E-state index in [2.05, 4.69) is 18.4 Å². The third-order valence-electron chi connectivity index (χ3n) is 1.60. The van der Waals surface area contributed by atoms with Crippen LogP contribution in [0, 0.1) is 6.92 Å². The summed E-state index contributed by atoms with van der Waals surface area (Å²) in [5.41, 5.74) is 1.28. The molecule has 0 unspecified atom stereocenters. The third-order valence-corrected chi connectivity index (χ3v) is 2.69. The largest absolute Gasteiger partial charge is 0.465 e. The molecule has 0 saturated carbocycles. The van der Waals surface area contributed by atoms with Crippen LogP contribution >= 0.6 is 11.3 Å². The summed E-state index contributed by atoms with van der Waals surface area (Å²) in [7, 11) is 0. The van der Waals surface area contributed by atoms with Gasteiger partial charge in [0.05, 0.1) is 6.61 Å². The fourth-order valence-electron chi connectivity index (χ4n) is 0.948. The van der Waals surface area contributed by atoms with Crippen LogP contribution < -0.4 is 0 Å². The zero-order valence-corrected chi connectivity index (χ0v) is 8.11. The number of esters is 1. The highest BCUT2D eigenvalue weighted by molar-refractivity contribution is 7.10. The van der Waals surface area contributed by atoms with Crippen molar-refractivity contribution in [1.29, 1.82) is 0 Å². The van der Waals surface area contributed by atoms with Gasteiger partial charge in [-0.1, -0.05) is 0 Å². The van der Waals surface area contributed by atoms with Crippen molar-refractivity contribution in [2.75, 3.05) is 6.61 Å². The van der Waals surface area contributed by atoms with Gasteiger partial charge in [-0.15, -0.1) is 11.3 Å². The van der Waals surface area contributed by atoms with Crippen molar-refractivity contribution in [3.63, 3.8) is 0 Å². The van der Waals surface area contributed by atoms with E-state index in [0.717, 1.165) is 6.42 Å². The lowest BCUT2D eigenvalue weighted by atomic mass is 10.2. The molecule has 2 nitrogen and oxygen atoms in total. The molecule has 0 fully saturated rings. The number of carbonyl (C=O) groups excluding carboxylic acids is 1. The van der Waals surface area contributed by atoms with Crippen molar-refractivity contribution < 1.29 is 9.53 Å². The molecule has 0 amide bonds. The van der Waals surface area contributed by atoms with E-state index in [-0.39, 0.29) is 5.97 Å². The predicted molar refractivity (Wildman–Crippen MR) is 49.4 cm³/mol. The minimum Gasteiger partial charge on any atom is -0.465 e. The zero-order valence-electron chi connectivity index (χ0n) is 7.29. The van der Waals surface area contributed by atoms with E-state index in [4.69, 9.17) is 4.74 Å². The highest BCUT2D eigenvalue weighted by atomic mass is 32.1. The number of hydrogen-bond acceptors (Lipinski definition) is 3. The molecular weight excluding hydrogens is 172 g/mol. The maximum atomic E-state index is 10.4. The van der Waals surface area contributed by atoms with E-state index in [1.807, 2.05) is 0 Å². The first-order valence-electron chi connectivity index (χ1n) is 3.86. The fraction of sp³-hybridized carbons (Fsp3) is 0.444. The molecule has 1 heterocycles. The van der Waals surface area contributed by atoms with Gasteiger partial charge in [0.25, 0.3) is 0 Å². The van der Waals surface area contributed by atoms with E-state index >= 15 is 0 Å².